The summed E-state index contributed by atoms with van der Waals surface area (Å²) < 4.78 is 27.5. The minimum atomic E-state index is -1.26. The first-order valence-corrected chi connectivity index (χ1v) is 9.12. The van der Waals surface area contributed by atoms with Crippen LogP contribution < -0.4 is 4.90 Å². The summed E-state index contributed by atoms with van der Waals surface area (Å²) in [7, 11) is -1.26. The smallest absolute Gasteiger partial charge is 0.188 e. The van der Waals surface area contributed by atoms with Crippen LogP contribution in [0.4, 0.5) is 10.2 Å². The molecule has 0 amide bonds. The molecule has 0 aliphatic carbocycles. The van der Waals surface area contributed by atoms with Gasteiger partial charge in [0.15, 0.2) is 11.6 Å². The first-order chi connectivity index (χ1) is 10.3. The van der Waals surface area contributed by atoms with Crippen molar-refractivity contribution in [1.29, 1.82) is 0 Å². The molecular formula is C14H16FN3OS2. The lowest BCUT2D eigenvalue weighted by molar-refractivity contribution is 0.541. The monoisotopic (exact) mass is 325 g/mol. The van der Waals surface area contributed by atoms with Gasteiger partial charge in [-0.05, 0) is 30.7 Å². The summed E-state index contributed by atoms with van der Waals surface area (Å²) in [5.74, 6) is 0.0163. The van der Waals surface area contributed by atoms with E-state index in [-0.39, 0.29) is 11.4 Å². The summed E-state index contributed by atoms with van der Waals surface area (Å²) in [5.41, 5.74) is 0.234. The average molecular weight is 325 g/mol. The first kappa shape index (κ1) is 14.6. The van der Waals surface area contributed by atoms with Gasteiger partial charge in [-0.15, -0.1) is 11.3 Å². The van der Waals surface area contributed by atoms with Crippen molar-refractivity contribution in [3.05, 3.63) is 35.4 Å². The highest BCUT2D eigenvalue weighted by molar-refractivity contribution is 7.86. The van der Waals surface area contributed by atoms with Crippen LogP contribution >= 0.6 is 11.3 Å². The van der Waals surface area contributed by atoms with Crippen LogP contribution in [0.25, 0.3) is 0 Å². The number of halogens is 1. The van der Waals surface area contributed by atoms with Gasteiger partial charge in [0.1, 0.15) is 6.33 Å². The fourth-order valence-corrected chi connectivity index (χ4v) is 4.45. The highest BCUT2D eigenvalue weighted by Gasteiger charge is 2.20. The Bertz CT molecular complexity index is 627. The minimum absolute atomic E-state index is 0.0930. The molecule has 1 saturated heterocycles. The number of nitrogens with zero attached hydrogens (tertiary/aromatic N) is 3. The van der Waals surface area contributed by atoms with Crippen molar-refractivity contribution in [3.8, 4) is 0 Å². The van der Waals surface area contributed by atoms with E-state index < -0.39 is 16.6 Å². The van der Waals surface area contributed by atoms with Crippen molar-refractivity contribution in [2.24, 2.45) is 0 Å². The van der Waals surface area contributed by atoms with Crippen LogP contribution in [-0.4, -0.2) is 27.3 Å². The second kappa shape index (κ2) is 6.62. The zero-order valence-corrected chi connectivity index (χ0v) is 13.1. The first-order valence-electron chi connectivity index (χ1n) is 6.92. The normalized spacial score (nSPS) is 16.9. The zero-order chi connectivity index (χ0) is 14.7. The lowest BCUT2D eigenvalue weighted by Crippen LogP contribution is -2.31. The quantitative estimate of drug-likeness (QED) is 0.867. The Labute approximate surface area is 129 Å². The molecule has 0 spiro atoms. The molecule has 112 valence electrons. The molecule has 7 heteroatoms. The van der Waals surface area contributed by atoms with Gasteiger partial charge in [0, 0.05) is 13.1 Å². The average Bonchev–Trinajstić information content (AvgIpc) is 3.05. The maximum Gasteiger partial charge on any atom is 0.188 e. The van der Waals surface area contributed by atoms with Crippen LogP contribution in [-0.2, 0) is 16.6 Å². The SMILES string of the molecule is O=S(Cc1ncnc(N2CCCCC2)c1F)c1cccs1. The van der Waals surface area contributed by atoms with Gasteiger partial charge in [-0.3, -0.25) is 4.21 Å². The Balaban J connectivity index is 1.81. The van der Waals surface area contributed by atoms with E-state index in [1.165, 1.54) is 24.1 Å². The van der Waals surface area contributed by atoms with Gasteiger partial charge in [-0.1, -0.05) is 6.07 Å². The maximum atomic E-state index is 14.6. The van der Waals surface area contributed by atoms with Crippen molar-refractivity contribution in [2.75, 3.05) is 18.0 Å². The molecule has 21 heavy (non-hydrogen) atoms. The number of thiophene rings is 1. The van der Waals surface area contributed by atoms with E-state index in [0.717, 1.165) is 30.1 Å². The molecule has 0 saturated carbocycles. The molecule has 3 heterocycles. The Kier molecular flexibility index (Phi) is 4.60. The van der Waals surface area contributed by atoms with Gasteiger partial charge >= 0.3 is 0 Å². The second-order valence-corrected chi connectivity index (χ2v) is 7.55. The van der Waals surface area contributed by atoms with E-state index in [9.17, 15) is 8.60 Å². The number of hydrogen-bond acceptors (Lipinski definition) is 5. The molecular weight excluding hydrogens is 309 g/mol. The van der Waals surface area contributed by atoms with Crippen molar-refractivity contribution in [1.82, 2.24) is 9.97 Å². The van der Waals surface area contributed by atoms with E-state index in [4.69, 9.17) is 0 Å². The molecule has 1 fully saturated rings. The number of anilines is 1. The van der Waals surface area contributed by atoms with Crippen LogP contribution in [0, 0.1) is 5.82 Å². The molecule has 1 aliphatic rings. The third kappa shape index (κ3) is 3.29. The standard InChI is InChI=1S/C14H16FN3OS2/c15-13-11(9-21(19)12-5-4-8-20-12)16-10-17-14(13)18-6-2-1-3-7-18/h4-5,8,10H,1-3,6-7,9H2. The van der Waals surface area contributed by atoms with E-state index >= 15 is 0 Å². The third-order valence-corrected chi connectivity index (χ3v) is 6.11. The summed E-state index contributed by atoms with van der Waals surface area (Å²) in [6.07, 6.45) is 4.66. The summed E-state index contributed by atoms with van der Waals surface area (Å²) >= 11 is 1.41. The van der Waals surface area contributed by atoms with Gasteiger partial charge in [-0.2, -0.15) is 0 Å². The fourth-order valence-electron chi connectivity index (χ4n) is 2.41. The lowest BCUT2D eigenvalue weighted by Gasteiger charge is -2.28. The number of aromatic nitrogens is 2. The second-order valence-electron chi connectivity index (χ2n) is 4.93. The molecule has 2 aromatic rings. The minimum Gasteiger partial charge on any atom is -0.354 e. The molecule has 2 aromatic heterocycles. The Morgan fingerprint density at radius 3 is 2.81 bits per heavy atom. The summed E-state index contributed by atoms with van der Waals surface area (Å²) in [6.45, 7) is 1.64. The molecule has 0 radical (unpaired) electrons. The molecule has 1 aliphatic heterocycles. The van der Waals surface area contributed by atoms with Crippen LogP contribution in [0.3, 0.4) is 0 Å². The van der Waals surface area contributed by atoms with E-state index in [2.05, 4.69) is 9.97 Å². The van der Waals surface area contributed by atoms with Gasteiger partial charge in [0.05, 0.1) is 26.5 Å². The summed E-state index contributed by atoms with van der Waals surface area (Å²) in [4.78, 5) is 10.0. The Hall–Kier alpha value is -1.34. The van der Waals surface area contributed by atoms with E-state index in [1.54, 1.807) is 6.07 Å². The molecule has 1 atom stereocenters. The van der Waals surface area contributed by atoms with Gasteiger partial charge in [0.2, 0.25) is 0 Å². The molecule has 1 unspecified atom stereocenters. The predicted octanol–water partition coefficient (Wildman–Crippen LogP) is 2.98. The fraction of sp³-hybridized carbons (Fsp3) is 0.429. The third-order valence-electron chi connectivity index (χ3n) is 3.49. The van der Waals surface area contributed by atoms with Crippen molar-refractivity contribution < 1.29 is 8.60 Å². The van der Waals surface area contributed by atoms with Gasteiger partial charge in [-0.25, -0.2) is 14.4 Å². The number of piperidine rings is 1. The van der Waals surface area contributed by atoms with Crippen LogP contribution in [0.2, 0.25) is 0 Å². The van der Waals surface area contributed by atoms with Crippen LogP contribution in [0.15, 0.2) is 28.0 Å². The highest BCUT2D eigenvalue weighted by atomic mass is 32.2. The maximum absolute atomic E-state index is 14.6. The molecule has 0 aromatic carbocycles. The van der Waals surface area contributed by atoms with E-state index in [1.807, 2.05) is 16.3 Å². The summed E-state index contributed by atoms with van der Waals surface area (Å²) in [6, 6.07) is 3.64. The van der Waals surface area contributed by atoms with E-state index in [0.29, 0.717) is 5.82 Å². The topological polar surface area (TPSA) is 46.1 Å². The Morgan fingerprint density at radius 1 is 1.29 bits per heavy atom. The highest BCUT2D eigenvalue weighted by Crippen LogP contribution is 2.24. The zero-order valence-electron chi connectivity index (χ0n) is 11.5. The predicted molar refractivity (Wildman–Crippen MR) is 82.5 cm³/mol. The van der Waals surface area contributed by atoms with Gasteiger partial charge in [0.25, 0.3) is 0 Å². The lowest BCUT2D eigenvalue weighted by atomic mass is 10.1. The van der Waals surface area contributed by atoms with Crippen LogP contribution in [0.1, 0.15) is 25.0 Å². The van der Waals surface area contributed by atoms with Crippen molar-refractivity contribution >= 4 is 28.0 Å². The molecule has 0 bridgehead atoms. The van der Waals surface area contributed by atoms with Crippen LogP contribution in [0.5, 0.6) is 0 Å². The summed E-state index contributed by atoms with van der Waals surface area (Å²) in [5, 5.41) is 1.86. The molecule has 3 rings (SSSR count). The largest absolute Gasteiger partial charge is 0.354 e. The molecule has 4 nitrogen and oxygen atoms in total. The van der Waals surface area contributed by atoms with Crippen molar-refractivity contribution in [3.63, 3.8) is 0 Å². The number of rotatable bonds is 4. The van der Waals surface area contributed by atoms with Gasteiger partial charge < -0.3 is 4.90 Å². The van der Waals surface area contributed by atoms with Crippen molar-refractivity contribution in [2.45, 2.75) is 29.2 Å². The molecule has 0 N–H and O–H groups in total. The number of hydrogen-bond donors (Lipinski definition) is 0. The Morgan fingerprint density at radius 2 is 2.10 bits per heavy atom.